The number of carbonyl (C=O) groups is 1. The molecule has 1 aliphatic heterocycles. The number of ether oxygens (including phenoxy) is 1. The van der Waals surface area contributed by atoms with Crippen molar-refractivity contribution >= 4 is 18.3 Å². The van der Waals surface area contributed by atoms with Gasteiger partial charge in [-0.25, -0.2) is 0 Å². The lowest BCUT2D eigenvalue weighted by Crippen LogP contribution is -2.51. The van der Waals surface area contributed by atoms with Crippen LogP contribution in [0.3, 0.4) is 0 Å². The summed E-state index contributed by atoms with van der Waals surface area (Å²) in [4.78, 5) is 14.3. The molecule has 1 heterocycles. The zero-order valence-electron chi connectivity index (χ0n) is 13.2. The molecule has 24 heavy (non-hydrogen) atoms. The van der Waals surface area contributed by atoms with Crippen molar-refractivity contribution in [3.63, 3.8) is 0 Å². The van der Waals surface area contributed by atoms with Crippen molar-refractivity contribution in [2.75, 3.05) is 19.6 Å². The minimum Gasteiger partial charge on any atom is -0.405 e. The average molecular weight is 365 g/mol. The second-order valence-corrected chi connectivity index (χ2v) is 6.17. The number of hydrogen-bond acceptors (Lipinski definition) is 3. The van der Waals surface area contributed by atoms with E-state index in [1.165, 1.54) is 12.1 Å². The van der Waals surface area contributed by atoms with Gasteiger partial charge in [0, 0.05) is 31.6 Å². The third-order valence-electron chi connectivity index (χ3n) is 4.33. The molecule has 0 aromatic heterocycles. The molecule has 1 saturated carbocycles. The van der Waals surface area contributed by atoms with Crippen molar-refractivity contribution in [3.8, 4) is 5.75 Å². The summed E-state index contributed by atoms with van der Waals surface area (Å²) < 4.78 is 41.6. The molecule has 3 unspecified atom stereocenters. The Labute approximate surface area is 144 Å². The van der Waals surface area contributed by atoms with Crippen LogP contribution in [0.4, 0.5) is 13.2 Å². The highest BCUT2D eigenvalue weighted by atomic mass is 35.5. The topological polar surface area (TPSA) is 41.6 Å². The Morgan fingerprint density at radius 1 is 1.33 bits per heavy atom. The Balaban J connectivity index is 0.00000208. The molecule has 3 atom stereocenters. The SMILES string of the molecule is CC1CN(C(=O)C2CC2c2ccccc2OC(F)(F)F)CCN1.Cl. The monoisotopic (exact) mass is 364 g/mol. The van der Waals surface area contributed by atoms with Crippen molar-refractivity contribution in [1.82, 2.24) is 10.2 Å². The highest BCUT2D eigenvalue weighted by Crippen LogP contribution is 2.51. The molecule has 4 nitrogen and oxygen atoms in total. The maximum Gasteiger partial charge on any atom is 0.573 e. The molecule has 1 aromatic carbocycles. The van der Waals surface area contributed by atoms with E-state index in [1.54, 1.807) is 17.0 Å². The largest absolute Gasteiger partial charge is 0.573 e. The number of amides is 1. The molecule has 3 rings (SSSR count). The third-order valence-corrected chi connectivity index (χ3v) is 4.33. The first-order chi connectivity index (χ1) is 10.8. The van der Waals surface area contributed by atoms with Crippen LogP contribution in [0.15, 0.2) is 24.3 Å². The molecule has 0 bridgehead atoms. The van der Waals surface area contributed by atoms with Gasteiger partial charge in [-0.05, 0) is 30.9 Å². The fourth-order valence-electron chi connectivity index (χ4n) is 3.18. The summed E-state index contributed by atoms with van der Waals surface area (Å²) >= 11 is 0. The number of nitrogens with one attached hydrogen (secondary N) is 1. The van der Waals surface area contributed by atoms with Crippen LogP contribution in [0.25, 0.3) is 0 Å². The average Bonchev–Trinajstić information content (AvgIpc) is 3.25. The van der Waals surface area contributed by atoms with Gasteiger partial charge in [0.25, 0.3) is 0 Å². The number of alkyl halides is 3. The predicted molar refractivity (Wildman–Crippen MR) is 85.3 cm³/mol. The van der Waals surface area contributed by atoms with Crippen LogP contribution in [0.5, 0.6) is 5.75 Å². The van der Waals surface area contributed by atoms with Crippen molar-refractivity contribution in [1.29, 1.82) is 0 Å². The quantitative estimate of drug-likeness (QED) is 0.896. The summed E-state index contributed by atoms with van der Waals surface area (Å²) in [5, 5.41) is 3.27. The Morgan fingerprint density at radius 2 is 2.04 bits per heavy atom. The van der Waals surface area contributed by atoms with E-state index in [1.807, 2.05) is 6.92 Å². The van der Waals surface area contributed by atoms with E-state index in [9.17, 15) is 18.0 Å². The summed E-state index contributed by atoms with van der Waals surface area (Å²) in [5.41, 5.74) is 0.464. The normalized spacial score (nSPS) is 26.5. The van der Waals surface area contributed by atoms with Crippen molar-refractivity contribution in [2.24, 2.45) is 5.92 Å². The molecule has 8 heteroatoms. The van der Waals surface area contributed by atoms with Gasteiger partial charge in [-0.2, -0.15) is 0 Å². The molecule has 134 valence electrons. The van der Waals surface area contributed by atoms with E-state index < -0.39 is 6.36 Å². The fraction of sp³-hybridized carbons (Fsp3) is 0.562. The number of benzene rings is 1. The number of halogens is 4. The second kappa shape index (κ2) is 7.19. The van der Waals surface area contributed by atoms with Gasteiger partial charge in [-0.3, -0.25) is 4.79 Å². The molecular weight excluding hydrogens is 345 g/mol. The van der Waals surface area contributed by atoms with Gasteiger partial charge >= 0.3 is 6.36 Å². The van der Waals surface area contributed by atoms with Crippen LogP contribution >= 0.6 is 12.4 Å². The highest BCUT2D eigenvalue weighted by molar-refractivity contribution is 5.85. The number of hydrogen-bond donors (Lipinski definition) is 1. The lowest BCUT2D eigenvalue weighted by Gasteiger charge is -2.32. The predicted octanol–water partition coefficient (Wildman–Crippen LogP) is 2.93. The summed E-state index contributed by atoms with van der Waals surface area (Å²) in [6.45, 7) is 4.05. The zero-order chi connectivity index (χ0) is 16.6. The van der Waals surface area contributed by atoms with Gasteiger partial charge in [-0.15, -0.1) is 25.6 Å². The molecule has 1 aliphatic carbocycles. The summed E-state index contributed by atoms with van der Waals surface area (Å²) in [6, 6.07) is 6.33. The summed E-state index contributed by atoms with van der Waals surface area (Å²) in [5.74, 6) is -0.594. The van der Waals surface area contributed by atoms with E-state index >= 15 is 0 Å². The Hall–Kier alpha value is -1.47. The Kier molecular flexibility index (Phi) is 5.65. The third kappa shape index (κ3) is 4.33. The maximum atomic E-state index is 12.5. The standard InChI is InChI=1S/C16H19F3N2O2.ClH/c1-10-9-21(7-6-20-10)15(22)13-8-12(13)11-4-2-3-5-14(11)23-16(17,18)19;/h2-5,10,12-13,20H,6-9H2,1H3;1H. The van der Waals surface area contributed by atoms with Crippen LogP contribution in [0.2, 0.25) is 0 Å². The van der Waals surface area contributed by atoms with Crippen molar-refractivity contribution in [3.05, 3.63) is 29.8 Å². The molecule has 1 N–H and O–H groups in total. The molecule has 0 spiro atoms. The molecule has 1 saturated heterocycles. The Morgan fingerprint density at radius 3 is 2.71 bits per heavy atom. The summed E-state index contributed by atoms with van der Waals surface area (Å²) in [7, 11) is 0. The van der Waals surface area contributed by atoms with Crippen LogP contribution in [-0.2, 0) is 4.79 Å². The van der Waals surface area contributed by atoms with Crippen LogP contribution in [-0.4, -0.2) is 42.8 Å². The van der Waals surface area contributed by atoms with Crippen molar-refractivity contribution in [2.45, 2.75) is 31.7 Å². The van der Waals surface area contributed by atoms with E-state index in [2.05, 4.69) is 10.1 Å². The minimum atomic E-state index is -4.72. The number of nitrogens with zero attached hydrogens (tertiary/aromatic N) is 1. The minimum absolute atomic E-state index is 0. The maximum absolute atomic E-state index is 12.5. The molecule has 1 aromatic rings. The molecule has 2 fully saturated rings. The van der Waals surface area contributed by atoms with Crippen LogP contribution in [0, 0.1) is 5.92 Å². The Bertz CT molecular complexity index is 597. The van der Waals surface area contributed by atoms with E-state index in [0.717, 1.165) is 6.54 Å². The number of piperazine rings is 1. The van der Waals surface area contributed by atoms with Gasteiger partial charge in [0.2, 0.25) is 5.91 Å². The first-order valence-corrected chi connectivity index (χ1v) is 7.72. The zero-order valence-corrected chi connectivity index (χ0v) is 14.0. The number of para-hydroxylation sites is 1. The van der Waals surface area contributed by atoms with Gasteiger partial charge < -0.3 is 15.0 Å². The number of carbonyl (C=O) groups excluding carboxylic acids is 1. The fourth-order valence-corrected chi connectivity index (χ4v) is 3.18. The lowest BCUT2D eigenvalue weighted by atomic mass is 10.1. The highest BCUT2D eigenvalue weighted by Gasteiger charge is 2.48. The molecule has 1 amide bonds. The second-order valence-electron chi connectivity index (χ2n) is 6.17. The lowest BCUT2D eigenvalue weighted by molar-refractivity contribution is -0.274. The number of rotatable bonds is 3. The van der Waals surface area contributed by atoms with Gasteiger partial charge in [0.1, 0.15) is 5.75 Å². The first kappa shape index (κ1) is 18.9. The van der Waals surface area contributed by atoms with Crippen molar-refractivity contribution < 1.29 is 22.7 Å². The first-order valence-electron chi connectivity index (χ1n) is 7.72. The van der Waals surface area contributed by atoms with E-state index in [0.29, 0.717) is 25.1 Å². The molecule has 0 radical (unpaired) electrons. The smallest absolute Gasteiger partial charge is 0.405 e. The van der Waals surface area contributed by atoms with Crippen LogP contribution < -0.4 is 10.1 Å². The molecular formula is C16H20ClF3N2O2. The van der Waals surface area contributed by atoms with E-state index in [4.69, 9.17) is 0 Å². The summed E-state index contributed by atoms with van der Waals surface area (Å²) in [6.07, 6.45) is -4.14. The van der Waals surface area contributed by atoms with E-state index in [-0.39, 0.29) is 41.9 Å². The van der Waals surface area contributed by atoms with Gasteiger partial charge in [0.05, 0.1) is 0 Å². The van der Waals surface area contributed by atoms with Gasteiger partial charge in [0.15, 0.2) is 0 Å². The van der Waals surface area contributed by atoms with Crippen LogP contribution in [0.1, 0.15) is 24.8 Å². The van der Waals surface area contributed by atoms with Gasteiger partial charge in [-0.1, -0.05) is 18.2 Å². The molecule has 2 aliphatic rings.